The molecule has 10 nitrogen and oxygen atoms in total. The third-order valence-corrected chi connectivity index (χ3v) is 2.90. The topological polar surface area (TPSA) is 175 Å². The molecule has 10 heteroatoms. The number of carbonyl (C=O) groups is 5. The molecule has 4 N–H and O–H groups in total. The number of rotatable bonds is 6. The van der Waals surface area contributed by atoms with Gasteiger partial charge in [0.2, 0.25) is 0 Å². The van der Waals surface area contributed by atoms with Gasteiger partial charge in [0.25, 0.3) is 0 Å². The van der Waals surface area contributed by atoms with Crippen LogP contribution in [-0.4, -0.2) is 56.4 Å². The van der Waals surface area contributed by atoms with Crippen molar-refractivity contribution in [1.82, 2.24) is 0 Å². The van der Waals surface area contributed by atoms with E-state index in [1.807, 2.05) is 0 Å². The van der Waals surface area contributed by atoms with Crippen molar-refractivity contribution in [2.24, 2.45) is 0 Å². The van der Waals surface area contributed by atoms with Crippen molar-refractivity contribution >= 4 is 29.8 Å². The fourth-order valence-electron chi connectivity index (χ4n) is 1.60. The first-order valence-electron chi connectivity index (χ1n) is 7.78. The summed E-state index contributed by atoms with van der Waals surface area (Å²) in [6.45, 7) is 0. The molecule has 0 aliphatic carbocycles. The Morgan fingerprint density at radius 2 is 1.41 bits per heavy atom. The summed E-state index contributed by atoms with van der Waals surface area (Å²) < 4.78 is 3.95. The van der Waals surface area contributed by atoms with Gasteiger partial charge in [-0.1, -0.05) is 18.2 Å². The van der Waals surface area contributed by atoms with E-state index >= 15 is 0 Å². The van der Waals surface area contributed by atoms with Crippen molar-refractivity contribution in [3.05, 3.63) is 35.9 Å². The number of unbranched alkanes of at least 4 members (excludes halogenated alkanes) is 1. The van der Waals surface area contributed by atoms with E-state index in [-0.39, 0.29) is 19.3 Å². The highest BCUT2D eigenvalue weighted by molar-refractivity contribution is 5.95. The second kappa shape index (κ2) is 13.0. The van der Waals surface area contributed by atoms with Gasteiger partial charge in [-0.05, 0) is 25.0 Å². The zero-order valence-electron chi connectivity index (χ0n) is 14.2. The molecule has 148 valence electrons. The molecule has 1 aliphatic heterocycles. The Balaban J connectivity index is 0.000000377. The Kier molecular flexibility index (Phi) is 11.4. The highest BCUT2D eigenvalue weighted by atomic mass is 16.6. The Hall–Kier alpha value is -3.27. The molecule has 0 bridgehead atoms. The van der Waals surface area contributed by atoms with Gasteiger partial charge in [0.05, 0.1) is 12.0 Å². The van der Waals surface area contributed by atoms with Gasteiger partial charge in [0, 0.05) is 12.8 Å². The number of hydrogen-bond acceptors (Lipinski definition) is 7. The Bertz CT molecular complexity index is 637. The van der Waals surface area contributed by atoms with E-state index in [0.29, 0.717) is 18.4 Å². The molecule has 27 heavy (non-hydrogen) atoms. The number of aliphatic hydroxyl groups is 1. The maximum atomic E-state index is 10.2. The summed E-state index contributed by atoms with van der Waals surface area (Å²) in [7, 11) is 0. The number of ether oxygens (including phenoxy) is 1. The van der Waals surface area contributed by atoms with Gasteiger partial charge in [-0.15, -0.1) is 0 Å². The van der Waals surface area contributed by atoms with E-state index in [1.165, 1.54) is 0 Å². The molecule has 1 heterocycles. The SMILES string of the molecule is O=C(O)CCCCC(=O)O.O=C(O)c1ccccc1.O=C1CC(O)C(=O)O1. The van der Waals surface area contributed by atoms with Crippen molar-refractivity contribution in [2.45, 2.75) is 38.2 Å². The van der Waals surface area contributed by atoms with Crippen LogP contribution in [0.2, 0.25) is 0 Å². The van der Waals surface area contributed by atoms with Crippen molar-refractivity contribution in [3.63, 3.8) is 0 Å². The number of aliphatic hydroxyl groups excluding tert-OH is 1. The average molecular weight is 384 g/mol. The van der Waals surface area contributed by atoms with E-state index in [4.69, 9.17) is 20.4 Å². The molecule has 1 atom stereocenters. The molecule has 1 aromatic carbocycles. The lowest BCUT2D eigenvalue weighted by Crippen LogP contribution is -2.11. The molecule has 1 aromatic rings. The van der Waals surface area contributed by atoms with Crippen LogP contribution in [0.1, 0.15) is 42.5 Å². The Morgan fingerprint density at radius 3 is 1.63 bits per heavy atom. The van der Waals surface area contributed by atoms with Gasteiger partial charge >= 0.3 is 29.8 Å². The number of carboxylic acids is 3. The lowest BCUT2D eigenvalue weighted by molar-refractivity contribution is -0.154. The summed E-state index contributed by atoms with van der Waals surface area (Å²) in [4.78, 5) is 50.1. The molecule has 1 saturated heterocycles. The van der Waals surface area contributed by atoms with Crippen LogP contribution in [-0.2, 0) is 23.9 Å². The molecule has 1 unspecified atom stereocenters. The maximum absolute atomic E-state index is 10.2. The standard InChI is InChI=1S/C7H6O2.C6H10O4.C4H4O4/c8-7(9)6-4-2-1-3-5-6;7-5(8)3-1-2-4-6(9)10;5-2-1-3(6)8-4(2)7/h1-5H,(H,8,9);1-4H2,(H,7,8)(H,9,10);2,5H,1H2. The number of carbonyl (C=O) groups excluding carboxylic acids is 2. The van der Waals surface area contributed by atoms with Gasteiger partial charge < -0.3 is 25.2 Å². The highest BCUT2D eigenvalue weighted by Crippen LogP contribution is 2.05. The van der Waals surface area contributed by atoms with Crippen LogP contribution >= 0.6 is 0 Å². The number of carboxylic acid groups (broad SMARTS) is 3. The number of benzene rings is 1. The van der Waals surface area contributed by atoms with E-state index in [0.717, 1.165) is 0 Å². The monoisotopic (exact) mass is 384 g/mol. The summed E-state index contributed by atoms with van der Waals surface area (Å²) in [5, 5.41) is 33.1. The Labute approximate surface area is 154 Å². The molecular weight excluding hydrogens is 364 g/mol. The average Bonchev–Trinajstić information content (AvgIpc) is 2.89. The lowest BCUT2D eigenvalue weighted by atomic mass is 10.2. The molecule has 0 radical (unpaired) electrons. The zero-order chi connectivity index (χ0) is 20.8. The van der Waals surface area contributed by atoms with Gasteiger partial charge in [-0.2, -0.15) is 0 Å². The summed E-state index contributed by atoms with van der Waals surface area (Å²) in [5.41, 5.74) is 0.331. The molecule has 2 rings (SSSR count). The van der Waals surface area contributed by atoms with Crippen molar-refractivity contribution in [2.75, 3.05) is 0 Å². The van der Waals surface area contributed by atoms with Crippen molar-refractivity contribution in [3.8, 4) is 0 Å². The van der Waals surface area contributed by atoms with E-state index in [1.54, 1.807) is 30.3 Å². The van der Waals surface area contributed by atoms with Crippen LogP contribution in [0.5, 0.6) is 0 Å². The number of cyclic esters (lactones) is 2. The van der Waals surface area contributed by atoms with E-state index in [9.17, 15) is 24.0 Å². The molecular formula is C17H20O10. The third kappa shape index (κ3) is 12.7. The molecule has 0 saturated carbocycles. The number of hydrogen-bond donors (Lipinski definition) is 4. The van der Waals surface area contributed by atoms with Crippen LogP contribution in [0, 0.1) is 0 Å². The second-order valence-electron chi connectivity index (χ2n) is 5.18. The number of aromatic carboxylic acids is 1. The van der Waals surface area contributed by atoms with E-state index in [2.05, 4.69) is 4.74 Å². The third-order valence-electron chi connectivity index (χ3n) is 2.90. The fraction of sp³-hybridized carbons (Fsp3) is 0.353. The molecule has 0 spiro atoms. The highest BCUT2D eigenvalue weighted by Gasteiger charge is 2.30. The predicted octanol–water partition coefficient (Wildman–Crippen LogP) is 0.922. The normalized spacial score (nSPS) is 14.8. The van der Waals surface area contributed by atoms with Crippen LogP contribution < -0.4 is 0 Å². The van der Waals surface area contributed by atoms with Gasteiger partial charge in [-0.25, -0.2) is 9.59 Å². The summed E-state index contributed by atoms with van der Waals surface area (Å²) in [6, 6.07) is 8.30. The lowest BCUT2D eigenvalue weighted by Gasteiger charge is -1.92. The van der Waals surface area contributed by atoms with Gasteiger partial charge in [0.1, 0.15) is 0 Å². The van der Waals surface area contributed by atoms with Crippen LogP contribution in [0.3, 0.4) is 0 Å². The number of esters is 2. The van der Waals surface area contributed by atoms with E-state index < -0.39 is 36.0 Å². The minimum Gasteiger partial charge on any atom is -0.481 e. The Morgan fingerprint density at radius 1 is 0.926 bits per heavy atom. The first-order valence-corrected chi connectivity index (χ1v) is 7.78. The molecule has 0 amide bonds. The van der Waals surface area contributed by atoms with Crippen LogP contribution in [0.25, 0.3) is 0 Å². The van der Waals surface area contributed by atoms with Gasteiger partial charge in [-0.3, -0.25) is 14.4 Å². The molecule has 0 aromatic heterocycles. The minimum atomic E-state index is -1.22. The summed E-state index contributed by atoms with van der Waals surface area (Å²) >= 11 is 0. The molecule has 1 fully saturated rings. The first kappa shape index (κ1) is 23.7. The van der Waals surface area contributed by atoms with Crippen molar-refractivity contribution < 1.29 is 49.1 Å². The van der Waals surface area contributed by atoms with Crippen LogP contribution in [0.4, 0.5) is 0 Å². The fourth-order valence-corrected chi connectivity index (χ4v) is 1.60. The smallest absolute Gasteiger partial charge is 0.343 e. The zero-order valence-corrected chi connectivity index (χ0v) is 14.2. The maximum Gasteiger partial charge on any atom is 0.343 e. The predicted molar refractivity (Wildman–Crippen MR) is 88.9 cm³/mol. The minimum absolute atomic E-state index is 0.0628. The molecule has 1 aliphatic rings. The largest absolute Gasteiger partial charge is 0.481 e. The first-order chi connectivity index (χ1) is 12.6. The van der Waals surface area contributed by atoms with Gasteiger partial charge in [0.15, 0.2) is 6.10 Å². The second-order valence-corrected chi connectivity index (χ2v) is 5.18. The van der Waals surface area contributed by atoms with Crippen molar-refractivity contribution in [1.29, 1.82) is 0 Å². The summed E-state index contributed by atoms with van der Waals surface area (Å²) in [5.74, 6) is -4.11. The number of aliphatic carboxylic acids is 2. The van der Waals surface area contributed by atoms with Crippen LogP contribution in [0.15, 0.2) is 30.3 Å². The summed E-state index contributed by atoms with van der Waals surface area (Å²) in [6.07, 6.45) is -0.398. The quantitative estimate of drug-likeness (QED) is 0.313.